The molecule has 0 bridgehead atoms. The number of aliphatic imine (C=N–C) groups is 1. The molecule has 9 heteroatoms. The molecule has 4 rings (SSSR count). The molecule has 0 spiro atoms. The van der Waals surface area contributed by atoms with E-state index in [-0.39, 0.29) is 12.2 Å². The summed E-state index contributed by atoms with van der Waals surface area (Å²) in [4.78, 5) is 4.97. The molecule has 1 fully saturated rings. The van der Waals surface area contributed by atoms with Crippen LogP contribution >= 0.6 is 0 Å². The molecule has 0 amide bonds. The van der Waals surface area contributed by atoms with Crippen molar-refractivity contribution in [3.63, 3.8) is 0 Å². The minimum Gasteiger partial charge on any atom is -0.454 e. The monoisotopic (exact) mass is 428 g/mol. The molecule has 2 aliphatic rings. The van der Waals surface area contributed by atoms with Gasteiger partial charge >= 0.3 is 0 Å². The van der Waals surface area contributed by atoms with E-state index < -0.39 is 0 Å². The number of benzene rings is 1. The predicted molar refractivity (Wildman–Crippen MR) is 118 cm³/mol. The summed E-state index contributed by atoms with van der Waals surface area (Å²) >= 11 is 0. The second kappa shape index (κ2) is 10.00. The highest BCUT2D eigenvalue weighted by Gasteiger charge is 2.35. The van der Waals surface area contributed by atoms with E-state index in [2.05, 4.69) is 51.4 Å². The molecule has 2 aliphatic heterocycles. The zero-order valence-electron chi connectivity index (χ0n) is 18.4. The summed E-state index contributed by atoms with van der Waals surface area (Å²) in [6, 6.07) is 6.27. The number of fused-ring (bicyclic) bond motifs is 1. The highest BCUT2D eigenvalue weighted by molar-refractivity contribution is 5.79. The summed E-state index contributed by atoms with van der Waals surface area (Å²) in [5, 5.41) is 15.0. The summed E-state index contributed by atoms with van der Waals surface area (Å²) in [6.45, 7) is 8.95. The molecule has 31 heavy (non-hydrogen) atoms. The topological polar surface area (TPSA) is 94.8 Å². The van der Waals surface area contributed by atoms with E-state index in [4.69, 9.17) is 19.2 Å². The van der Waals surface area contributed by atoms with Crippen LogP contribution in [-0.2, 0) is 23.1 Å². The van der Waals surface area contributed by atoms with E-state index in [1.54, 1.807) is 6.33 Å². The maximum atomic E-state index is 5.67. The van der Waals surface area contributed by atoms with Gasteiger partial charge in [0.1, 0.15) is 12.2 Å². The number of aryl methyl sites for hydroxylation is 1. The third kappa shape index (κ3) is 4.92. The Balaban J connectivity index is 1.46. The normalized spacial score (nSPS) is 17.5. The van der Waals surface area contributed by atoms with Crippen molar-refractivity contribution in [1.82, 2.24) is 25.4 Å². The summed E-state index contributed by atoms with van der Waals surface area (Å²) in [5.41, 5.74) is 1.15. The molecule has 1 aromatic heterocycles. The van der Waals surface area contributed by atoms with Crippen molar-refractivity contribution in [3.05, 3.63) is 35.9 Å². The largest absolute Gasteiger partial charge is 0.454 e. The first-order valence-corrected chi connectivity index (χ1v) is 11.1. The average Bonchev–Trinajstić information content (AvgIpc) is 3.46. The van der Waals surface area contributed by atoms with Gasteiger partial charge in [-0.2, -0.15) is 0 Å². The lowest BCUT2D eigenvalue weighted by atomic mass is 9.74. The van der Waals surface area contributed by atoms with Gasteiger partial charge in [-0.15, -0.1) is 10.2 Å². The quantitative estimate of drug-likeness (QED) is 0.490. The Labute approximate surface area is 183 Å². The molecule has 2 aromatic rings. The molecule has 0 saturated carbocycles. The van der Waals surface area contributed by atoms with Gasteiger partial charge in [-0.25, -0.2) is 0 Å². The van der Waals surface area contributed by atoms with Crippen LogP contribution in [0.2, 0.25) is 0 Å². The first kappa shape index (κ1) is 21.4. The van der Waals surface area contributed by atoms with Gasteiger partial charge in [0.25, 0.3) is 0 Å². The van der Waals surface area contributed by atoms with Crippen molar-refractivity contribution < 1.29 is 14.2 Å². The maximum Gasteiger partial charge on any atom is 0.231 e. The van der Waals surface area contributed by atoms with Gasteiger partial charge in [0, 0.05) is 44.7 Å². The maximum absolute atomic E-state index is 5.67. The van der Waals surface area contributed by atoms with E-state index in [1.165, 1.54) is 5.56 Å². The molecule has 0 unspecified atom stereocenters. The standard InChI is InChI=1S/C22H32N6O3/c1-3-20-27-26-15-28(20)10-9-24-21(23-4-2)25-14-22(7-11-29-12-8-22)17-5-6-18-19(13-17)31-16-30-18/h5-6,13,15H,3-4,7-12,14,16H2,1-2H3,(H2,23,24,25). The molecule has 0 atom stereocenters. The highest BCUT2D eigenvalue weighted by Crippen LogP contribution is 2.41. The number of aromatic nitrogens is 3. The fourth-order valence-corrected chi connectivity index (χ4v) is 4.13. The average molecular weight is 429 g/mol. The number of hydrogen-bond acceptors (Lipinski definition) is 6. The fourth-order valence-electron chi connectivity index (χ4n) is 4.13. The van der Waals surface area contributed by atoms with Crippen LogP contribution in [0.3, 0.4) is 0 Å². The summed E-state index contributed by atoms with van der Waals surface area (Å²) in [5.74, 6) is 3.44. The van der Waals surface area contributed by atoms with Crippen LogP contribution in [-0.4, -0.2) is 60.4 Å². The van der Waals surface area contributed by atoms with Crippen LogP contribution in [0.1, 0.15) is 38.1 Å². The van der Waals surface area contributed by atoms with Crippen LogP contribution in [0.5, 0.6) is 11.5 Å². The highest BCUT2D eigenvalue weighted by atomic mass is 16.7. The number of nitrogens with one attached hydrogen (secondary N) is 2. The van der Waals surface area contributed by atoms with Crippen molar-refractivity contribution in [3.8, 4) is 11.5 Å². The Kier molecular flexibility index (Phi) is 6.91. The smallest absolute Gasteiger partial charge is 0.231 e. The van der Waals surface area contributed by atoms with E-state index in [0.29, 0.717) is 6.54 Å². The Morgan fingerprint density at radius 2 is 2.00 bits per heavy atom. The molecular formula is C22H32N6O3. The van der Waals surface area contributed by atoms with Crippen molar-refractivity contribution in [2.24, 2.45) is 4.99 Å². The van der Waals surface area contributed by atoms with Crippen molar-refractivity contribution in [2.45, 2.75) is 45.1 Å². The minimum atomic E-state index is -0.0781. The van der Waals surface area contributed by atoms with Gasteiger partial charge in [0.2, 0.25) is 6.79 Å². The summed E-state index contributed by atoms with van der Waals surface area (Å²) in [6.07, 6.45) is 4.50. The molecule has 168 valence electrons. The molecule has 1 saturated heterocycles. The van der Waals surface area contributed by atoms with Gasteiger partial charge in [0.05, 0.1) is 6.54 Å². The Morgan fingerprint density at radius 1 is 1.16 bits per heavy atom. The van der Waals surface area contributed by atoms with Crippen LogP contribution in [0.4, 0.5) is 0 Å². The lowest BCUT2D eigenvalue weighted by Crippen LogP contribution is -2.42. The SMILES string of the molecule is CCNC(=NCC1(c2ccc3c(c2)OCO3)CCOCC1)NCCn1cnnc1CC. The van der Waals surface area contributed by atoms with Gasteiger partial charge in [-0.3, -0.25) is 4.99 Å². The first-order valence-electron chi connectivity index (χ1n) is 11.1. The van der Waals surface area contributed by atoms with Gasteiger partial charge in [-0.05, 0) is 37.5 Å². The summed E-state index contributed by atoms with van der Waals surface area (Å²) in [7, 11) is 0. The van der Waals surface area contributed by atoms with Crippen LogP contribution in [0.15, 0.2) is 29.5 Å². The molecule has 0 radical (unpaired) electrons. The predicted octanol–water partition coefficient (Wildman–Crippen LogP) is 1.87. The number of rotatable bonds is 8. The van der Waals surface area contributed by atoms with E-state index in [1.807, 2.05) is 6.07 Å². The molecule has 9 nitrogen and oxygen atoms in total. The molecule has 3 heterocycles. The van der Waals surface area contributed by atoms with Crippen LogP contribution in [0, 0.1) is 0 Å². The number of guanidine groups is 1. The van der Waals surface area contributed by atoms with Crippen LogP contribution in [0.25, 0.3) is 0 Å². The van der Waals surface area contributed by atoms with Gasteiger partial charge < -0.3 is 29.4 Å². The van der Waals surface area contributed by atoms with Gasteiger partial charge in [-0.1, -0.05) is 13.0 Å². The Hall–Kier alpha value is -2.81. The van der Waals surface area contributed by atoms with Crippen molar-refractivity contribution >= 4 is 5.96 Å². The molecular weight excluding hydrogens is 396 g/mol. The third-order valence-corrected chi connectivity index (χ3v) is 5.98. The van der Waals surface area contributed by atoms with Crippen molar-refractivity contribution in [2.75, 3.05) is 39.6 Å². The van der Waals surface area contributed by atoms with Crippen molar-refractivity contribution in [1.29, 1.82) is 0 Å². The Morgan fingerprint density at radius 3 is 2.81 bits per heavy atom. The Bertz CT molecular complexity index is 891. The van der Waals surface area contributed by atoms with E-state index in [9.17, 15) is 0 Å². The third-order valence-electron chi connectivity index (χ3n) is 5.98. The molecule has 0 aliphatic carbocycles. The molecule has 1 aromatic carbocycles. The second-order valence-electron chi connectivity index (χ2n) is 7.88. The van der Waals surface area contributed by atoms with Gasteiger partial charge in [0.15, 0.2) is 17.5 Å². The van der Waals surface area contributed by atoms with E-state index in [0.717, 1.165) is 75.4 Å². The number of nitrogens with zero attached hydrogens (tertiary/aromatic N) is 4. The van der Waals surface area contributed by atoms with Crippen LogP contribution < -0.4 is 20.1 Å². The lowest BCUT2D eigenvalue weighted by Gasteiger charge is -2.36. The minimum absolute atomic E-state index is 0.0781. The van der Waals surface area contributed by atoms with E-state index >= 15 is 0 Å². The number of ether oxygens (including phenoxy) is 3. The zero-order chi connectivity index (χ0) is 21.5. The molecule has 2 N–H and O–H groups in total. The second-order valence-corrected chi connectivity index (χ2v) is 7.88. The fraction of sp³-hybridized carbons (Fsp3) is 0.591. The lowest BCUT2D eigenvalue weighted by molar-refractivity contribution is 0.0530. The zero-order valence-corrected chi connectivity index (χ0v) is 18.4. The number of hydrogen-bond donors (Lipinski definition) is 2. The first-order chi connectivity index (χ1) is 15.2. The summed E-state index contributed by atoms with van der Waals surface area (Å²) < 4.78 is 18.9.